The lowest BCUT2D eigenvalue weighted by atomic mass is 10.2. The molecule has 0 bridgehead atoms. The van der Waals surface area contributed by atoms with E-state index >= 15 is 0 Å². The predicted octanol–water partition coefficient (Wildman–Crippen LogP) is 3.31. The fourth-order valence-corrected chi connectivity index (χ4v) is 1.82. The SMILES string of the molecule is FC(F)(F)Oc1ccc(CNCCc2ccncc2)cc1. The number of ether oxygens (including phenoxy) is 1. The third-order valence-corrected chi connectivity index (χ3v) is 2.83. The number of halogens is 3. The van der Waals surface area contributed by atoms with Gasteiger partial charge in [-0.25, -0.2) is 0 Å². The van der Waals surface area contributed by atoms with Crippen molar-refractivity contribution >= 4 is 0 Å². The van der Waals surface area contributed by atoms with Gasteiger partial charge in [-0.1, -0.05) is 12.1 Å². The minimum absolute atomic E-state index is 0.206. The zero-order valence-corrected chi connectivity index (χ0v) is 11.2. The van der Waals surface area contributed by atoms with Crippen LogP contribution in [0.15, 0.2) is 48.8 Å². The van der Waals surface area contributed by atoms with Crippen molar-refractivity contribution in [1.29, 1.82) is 0 Å². The second kappa shape index (κ2) is 7.08. The Hall–Kier alpha value is -2.08. The lowest BCUT2D eigenvalue weighted by Gasteiger charge is -2.09. The summed E-state index contributed by atoms with van der Waals surface area (Å²) in [6, 6.07) is 9.75. The molecule has 0 amide bonds. The highest BCUT2D eigenvalue weighted by Gasteiger charge is 2.30. The highest BCUT2D eigenvalue weighted by molar-refractivity contribution is 5.27. The number of benzene rings is 1. The van der Waals surface area contributed by atoms with Crippen molar-refractivity contribution in [2.75, 3.05) is 6.54 Å². The normalized spacial score (nSPS) is 11.4. The first kappa shape index (κ1) is 15.3. The Morgan fingerprint density at radius 1 is 0.952 bits per heavy atom. The minimum atomic E-state index is -4.65. The van der Waals surface area contributed by atoms with E-state index in [9.17, 15) is 13.2 Å². The fraction of sp³-hybridized carbons (Fsp3) is 0.267. The van der Waals surface area contributed by atoms with Gasteiger partial charge in [0.05, 0.1) is 0 Å². The van der Waals surface area contributed by atoms with Crippen molar-refractivity contribution in [2.24, 2.45) is 0 Å². The van der Waals surface area contributed by atoms with Crippen LogP contribution in [-0.4, -0.2) is 17.9 Å². The quantitative estimate of drug-likeness (QED) is 0.830. The van der Waals surface area contributed by atoms with Gasteiger partial charge in [-0.3, -0.25) is 4.98 Å². The number of hydrogen-bond acceptors (Lipinski definition) is 3. The van der Waals surface area contributed by atoms with Crippen LogP contribution in [0.25, 0.3) is 0 Å². The third-order valence-electron chi connectivity index (χ3n) is 2.83. The second-order valence-corrected chi connectivity index (χ2v) is 4.47. The van der Waals surface area contributed by atoms with Gasteiger partial charge in [0.1, 0.15) is 5.75 Å². The van der Waals surface area contributed by atoms with E-state index in [1.807, 2.05) is 12.1 Å². The molecule has 0 saturated carbocycles. The predicted molar refractivity (Wildman–Crippen MR) is 72.8 cm³/mol. The first-order chi connectivity index (χ1) is 10.0. The van der Waals surface area contributed by atoms with Gasteiger partial charge in [-0.2, -0.15) is 0 Å². The molecule has 2 rings (SSSR count). The van der Waals surface area contributed by atoms with Crippen molar-refractivity contribution in [3.05, 3.63) is 59.9 Å². The van der Waals surface area contributed by atoms with E-state index in [0.29, 0.717) is 6.54 Å². The van der Waals surface area contributed by atoms with E-state index in [2.05, 4.69) is 15.0 Å². The summed E-state index contributed by atoms with van der Waals surface area (Å²) in [6.07, 6.45) is -0.286. The van der Waals surface area contributed by atoms with Crippen LogP contribution in [0.2, 0.25) is 0 Å². The van der Waals surface area contributed by atoms with Gasteiger partial charge in [-0.15, -0.1) is 13.2 Å². The number of nitrogens with zero attached hydrogens (tertiary/aromatic N) is 1. The van der Waals surface area contributed by atoms with Gasteiger partial charge in [-0.05, 0) is 48.4 Å². The van der Waals surface area contributed by atoms with E-state index in [-0.39, 0.29) is 5.75 Å². The molecule has 1 heterocycles. The molecular weight excluding hydrogens is 281 g/mol. The average Bonchev–Trinajstić information content (AvgIpc) is 2.45. The molecule has 1 aromatic carbocycles. The molecular formula is C15H15F3N2O. The van der Waals surface area contributed by atoms with Crippen molar-refractivity contribution in [2.45, 2.75) is 19.3 Å². The first-order valence-corrected chi connectivity index (χ1v) is 6.47. The highest BCUT2D eigenvalue weighted by Crippen LogP contribution is 2.22. The monoisotopic (exact) mass is 296 g/mol. The standard InChI is InChI=1S/C15H15F3N2O/c16-15(17,18)21-14-3-1-13(2-4-14)11-20-10-7-12-5-8-19-9-6-12/h1-6,8-9,20H,7,10-11H2. The van der Waals surface area contributed by atoms with Crippen molar-refractivity contribution in [3.63, 3.8) is 0 Å². The Kier molecular flexibility index (Phi) is 5.16. The Morgan fingerprint density at radius 3 is 2.24 bits per heavy atom. The molecule has 6 heteroatoms. The summed E-state index contributed by atoms with van der Waals surface area (Å²) in [5.41, 5.74) is 2.09. The minimum Gasteiger partial charge on any atom is -0.406 e. The van der Waals surface area contributed by atoms with Gasteiger partial charge in [0.15, 0.2) is 0 Å². The summed E-state index contributed by atoms with van der Waals surface area (Å²) in [6.45, 7) is 1.38. The lowest BCUT2D eigenvalue weighted by molar-refractivity contribution is -0.274. The Balaban J connectivity index is 1.74. The molecule has 0 spiro atoms. The molecule has 21 heavy (non-hydrogen) atoms. The Morgan fingerprint density at radius 2 is 1.62 bits per heavy atom. The third kappa shape index (κ3) is 5.83. The second-order valence-electron chi connectivity index (χ2n) is 4.47. The first-order valence-electron chi connectivity index (χ1n) is 6.47. The number of rotatable bonds is 6. The Bertz CT molecular complexity index is 541. The van der Waals surface area contributed by atoms with Crippen LogP contribution in [0.1, 0.15) is 11.1 Å². The molecule has 0 aliphatic heterocycles. The summed E-state index contributed by atoms with van der Waals surface area (Å²) < 4.78 is 39.9. The maximum Gasteiger partial charge on any atom is 0.573 e. The lowest BCUT2D eigenvalue weighted by Crippen LogP contribution is -2.18. The van der Waals surface area contributed by atoms with Crippen LogP contribution in [0.3, 0.4) is 0 Å². The van der Waals surface area contributed by atoms with Crippen molar-refractivity contribution < 1.29 is 17.9 Å². The largest absolute Gasteiger partial charge is 0.573 e. The van der Waals surface area contributed by atoms with Crippen molar-refractivity contribution in [3.8, 4) is 5.75 Å². The molecule has 0 aliphatic rings. The number of hydrogen-bond donors (Lipinski definition) is 1. The zero-order chi connectivity index (χ0) is 15.1. The van der Waals surface area contributed by atoms with E-state index in [0.717, 1.165) is 18.5 Å². The molecule has 1 N–H and O–H groups in total. The molecule has 0 atom stereocenters. The van der Waals surface area contributed by atoms with Gasteiger partial charge in [0.25, 0.3) is 0 Å². The molecule has 112 valence electrons. The number of nitrogens with one attached hydrogen (secondary N) is 1. The average molecular weight is 296 g/mol. The Labute approximate surface area is 120 Å². The van der Waals surface area contributed by atoms with Gasteiger partial charge in [0, 0.05) is 18.9 Å². The summed E-state index contributed by atoms with van der Waals surface area (Å²) >= 11 is 0. The van der Waals surface area contributed by atoms with E-state index in [4.69, 9.17) is 0 Å². The van der Waals surface area contributed by atoms with Gasteiger partial charge < -0.3 is 10.1 Å². The molecule has 0 radical (unpaired) electrons. The van der Waals surface area contributed by atoms with Crippen LogP contribution >= 0.6 is 0 Å². The van der Waals surface area contributed by atoms with Gasteiger partial charge >= 0.3 is 6.36 Å². The summed E-state index contributed by atoms with van der Waals surface area (Å²) in [5.74, 6) is -0.206. The topological polar surface area (TPSA) is 34.1 Å². The number of pyridine rings is 1. The summed E-state index contributed by atoms with van der Waals surface area (Å²) in [7, 11) is 0. The van der Waals surface area contributed by atoms with Crippen LogP contribution < -0.4 is 10.1 Å². The van der Waals surface area contributed by atoms with E-state index in [1.54, 1.807) is 24.5 Å². The molecule has 3 nitrogen and oxygen atoms in total. The molecule has 1 aromatic heterocycles. The van der Waals surface area contributed by atoms with Crippen LogP contribution in [0, 0.1) is 0 Å². The van der Waals surface area contributed by atoms with E-state index < -0.39 is 6.36 Å². The fourth-order valence-electron chi connectivity index (χ4n) is 1.82. The summed E-state index contributed by atoms with van der Waals surface area (Å²) in [4.78, 5) is 3.94. The summed E-state index contributed by atoms with van der Waals surface area (Å²) in [5, 5.41) is 3.23. The maximum absolute atomic E-state index is 12.0. The molecule has 0 saturated heterocycles. The molecule has 0 aliphatic carbocycles. The van der Waals surface area contributed by atoms with E-state index in [1.165, 1.54) is 17.7 Å². The van der Waals surface area contributed by atoms with Crippen molar-refractivity contribution in [1.82, 2.24) is 10.3 Å². The zero-order valence-electron chi connectivity index (χ0n) is 11.2. The van der Waals surface area contributed by atoms with Crippen LogP contribution in [0.5, 0.6) is 5.75 Å². The van der Waals surface area contributed by atoms with Crippen LogP contribution in [0.4, 0.5) is 13.2 Å². The molecule has 2 aromatic rings. The van der Waals surface area contributed by atoms with Gasteiger partial charge in [0.2, 0.25) is 0 Å². The number of alkyl halides is 3. The molecule has 0 unspecified atom stereocenters. The molecule has 0 fully saturated rings. The van der Waals surface area contributed by atoms with Crippen LogP contribution in [-0.2, 0) is 13.0 Å². The maximum atomic E-state index is 12.0. The highest BCUT2D eigenvalue weighted by atomic mass is 19.4. The number of aromatic nitrogens is 1. The smallest absolute Gasteiger partial charge is 0.406 e.